The Labute approximate surface area is 120 Å². The van der Waals surface area contributed by atoms with Crippen molar-refractivity contribution in [3.05, 3.63) is 29.3 Å². The number of alkyl halides is 3. The predicted octanol–water partition coefficient (Wildman–Crippen LogP) is 2.59. The van der Waals surface area contributed by atoms with Gasteiger partial charge in [0.2, 0.25) is 0 Å². The Hall–Kier alpha value is -1.76. The zero-order valence-corrected chi connectivity index (χ0v) is 11.6. The van der Waals surface area contributed by atoms with Crippen molar-refractivity contribution in [2.24, 2.45) is 0 Å². The molecule has 3 N–H and O–H groups in total. The summed E-state index contributed by atoms with van der Waals surface area (Å²) < 4.78 is 43.6. The van der Waals surface area contributed by atoms with Crippen molar-refractivity contribution in [1.82, 2.24) is 5.32 Å². The van der Waals surface area contributed by atoms with E-state index < -0.39 is 28.9 Å². The zero-order valence-electron chi connectivity index (χ0n) is 11.6. The van der Waals surface area contributed by atoms with Gasteiger partial charge in [0.15, 0.2) is 0 Å². The minimum atomic E-state index is -4.58. The summed E-state index contributed by atoms with van der Waals surface area (Å²) in [6, 6.07) is 3.18. The van der Waals surface area contributed by atoms with Crippen LogP contribution in [0.5, 0.6) is 0 Å². The van der Waals surface area contributed by atoms with Crippen LogP contribution in [-0.4, -0.2) is 24.7 Å². The van der Waals surface area contributed by atoms with Gasteiger partial charge in [0.25, 0.3) is 5.91 Å². The average molecular weight is 302 g/mol. The third-order valence-electron chi connectivity index (χ3n) is 3.63. The molecule has 116 valence electrons. The first-order chi connectivity index (χ1) is 9.71. The van der Waals surface area contributed by atoms with Gasteiger partial charge in [-0.05, 0) is 38.0 Å². The summed E-state index contributed by atoms with van der Waals surface area (Å²) in [7, 11) is 0. The molecule has 1 aromatic carbocycles. The molecule has 0 spiro atoms. The predicted molar refractivity (Wildman–Crippen MR) is 71.8 cm³/mol. The fraction of sp³-hybridized carbons (Fsp3) is 0.500. The number of benzene rings is 1. The lowest BCUT2D eigenvalue weighted by Crippen LogP contribution is -2.49. The minimum Gasteiger partial charge on any atom is -0.398 e. The van der Waals surface area contributed by atoms with Crippen LogP contribution in [0, 0.1) is 0 Å². The Morgan fingerprint density at radius 2 is 1.95 bits per heavy atom. The van der Waals surface area contributed by atoms with E-state index in [1.54, 1.807) is 0 Å². The highest BCUT2D eigenvalue weighted by Crippen LogP contribution is 2.34. The Morgan fingerprint density at radius 3 is 2.52 bits per heavy atom. The van der Waals surface area contributed by atoms with Gasteiger partial charge in [-0.2, -0.15) is 13.2 Å². The lowest BCUT2D eigenvalue weighted by molar-refractivity contribution is -0.136. The van der Waals surface area contributed by atoms with Gasteiger partial charge in [-0.25, -0.2) is 0 Å². The number of hydrogen-bond acceptors (Lipinski definition) is 3. The first-order valence-corrected chi connectivity index (χ1v) is 6.58. The van der Waals surface area contributed by atoms with Crippen molar-refractivity contribution in [2.45, 2.75) is 31.5 Å². The van der Waals surface area contributed by atoms with Gasteiger partial charge in [0, 0.05) is 30.0 Å². The van der Waals surface area contributed by atoms with Crippen LogP contribution in [0.15, 0.2) is 18.2 Å². The molecule has 0 aromatic heterocycles. The third-order valence-corrected chi connectivity index (χ3v) is 3.63. The molecule has 0 bridgehead atoms. The van der Waals surface area contributed by atoms with Crippen molar-refractivity contribution < 1.29 is 22.7 Å². The highest BCUT2D eigenvalue weighted by molar-refractivity contribution is 5.95. The first kappa shape index (κ1) is 15.6. The topological polar surface area (TPSA) is 64.4 Å². The largest absolute Gasteiger partial charge is 0.418 e. The van der Waals surface area contributed by atoms with Gasteiger partial charge in [-0.15, -0.1) is 0 Å². The van der Waals surface area contributed by atoms with Crippen LogP contribution in [-0.2, 0) is 10.9 Å². The monoisotopic (exact) mass is 302 g/mol. The van der Waals surface area contributed by atoms with Crippen molar-refractivity contribution in [1.29, 1.82) is 0 Å². The first-order valence-electron chi connectivity index (χ1n) is 6.58. The number of nitrogens with two attached hydrogens (primary N) is 1. The number of nitrogen functional groups attached to an aromatic ring is 1. The van der Waals surface area contributed by atoms with Gasteiger partial charge in [-0.1, -0.05) is 0 Å². The van der Waals surface area contributed by atoms with E-state index in [2.05, 4.69) is 5.32 Å². The minimum absolute atomic E-state index is 0.0516. The molecule has 1 aliphatic heterocycles. The molecule has 1 aromatic rings. The van der Waals surface area contributed by atoms with E-state index in [9.17, 15) is 18.0 Å². The molecule has 1 amide bonds. The zero-order chi connectivity index (χ0) is 15.7. The number of amides is 1. The van der Waals surface area contributed by atoms with Gasteiger partial charge >= 0.3 is 6.18 Å². The number of halogens is 3. The van der Waals surface area contributed by atoms with E-state index in [1.165, 1.54) is 6.07 Å². The van der Waals surface area contributed by atoms with Gasteiger partial charge in [0.1, 0.15) is 0 Å². The molecule has 1 saturated heterocycles. The highest BCUT2D eigenvalue weighted by Gasteiger charge is 2.34. The summed E-state index contributed by atoms with van der Waals surface area (Å²) in [5.74, 6) is -0.537. The Bertz CT molecular complexity index is 538. The number of carbonyl (C=O) groups is 1. The van der Waals surface area contributed by atoms with E-state index >= 15 is 0 Å². The van der Waals surface area contributed by atoms with Crippen molar-refractivity contribution in [3.8, 4) is 0 Å². The molecule has 1 fully saturated rings. The number of rotatable bonds is 2. The van der Waals surface area contributed by atoms with Gasteiger partial charge in [0.05, 0.1) is 5.56 Å². The molecule has 2 rings (SSSR count). The molecule has 1 aliphatic rings. The second-order valence-electron chi connectivity index (χ2n) is 5.43. The standard InChI is InChI=1S/C14H17F3N2O2/c1-13(4-6-21-7-5-13)19-12(20)9-2-3-11(18)10(8-9)14(15,16)17/h2-3,8H,4-7,18H2,1H3,(H,19,20). The van der Waals surface area contributed by atoms with E-state index in [1.807, 2.05) is 6.92 Å². The molecular formula is C14H17F3N2O2. The smallest absolute Gasteiger partial charge is 0.398 e. The Balaban J connectivity index is 2.20. The summed E-state index contributed by atoms with van der Waals surface area (Å²) in [5, 5.41) is 2.78. The van der Waals surface area contributed by atoms with Crippen LogP contribution in [0.4, 0.5) is 18.9 Å². The SMILES string of the molecule is CC1(NC(=O)c2ccc(N)c(C(F)(F)F)c2)CCOCC1. The third kappa shape index (κ3) is 3.66. The molecule has 0 aliphatic carbocycles. The summed E-state index contributed by atoms with van der Waals surface area (Å²) in [4.78, 5) is 12.1. The van der Waals surface area contributed by atoms with Crippen molar-refractivity contribution in [3.63, 3.8) is 0 Å². The normalized spacial score (nSPS) is 18.3. The van der Waals surface area contributed by atoms with Crippen LogP contribution in [0.1, 0.15) is 35.7 Å². The van der Waals surface area contributed by atoms with E-state index in [4.69, 9.17) is 10.5 Å². The number of nitrogens with one attached hydrogen (secondary N) is 1. The van der Waals surface area contributed by atoms with Gasteiger partial charge < -0.3 is 15.8 Å². The summed E-state index contributed by atoms with van der Waals surface area (Å²) in [6.45, 7) is 2.90. The number of carbonyl (C=O) groups excluding carboxylic acids is 1. The fourth-order valence-corrected chi connectivity index (χ4v) is 2.24. The highest BCUT2D eigenvalue weighted by atomic mass is 19.4. The quantitative estimate of drug-likeness (QED) is 0.825. The summed E-state index contributed by atoms with van der Waals surface area (Å²) in [6.07, 6.45) is -3.33. The maximum atomic E-state index is 12.8. The number of ether oxygens (including phenoxy) is 1. The molecule has 4 nitrogen and oxygen atoms in total. The summed E-state index contributed by atoms with van der Waals surface area (Å²) >= 11 is 0. The maximum Gasteiger partial charge on any atom is 0.418 e. The number of anilines is 1. The molecule has 0 atom stereocenters. The lowest BCUT2D eigenvalue weighted by Gasteiger charge is -2.34. The van der Waals surface area contributed by atoms with E-state index in [0.29, 0.717) is 26.1 Å². The molecule has 1 heterocycles. The lowest BCUT2D eigenvalue weighted by atomic mass is 9.92. The van der Waals surface area contributed by atoms with E-state index in [-0.39, 0.29) is 5.56 Å². The Kier molecular flexibility index (Phi) is 4.13. The fourth-order valence-electron chi connectivity index (χ4n) is 2.24. The van der Waals surface area contributed by atoms with Crippen LogP contribution in [0.3, 0.4) is 0 Å². The van der Waals surface area contributed by atoms with Crippen LogP contribution < -0.4 is 11.1 Å². The van der Waals surface area contributed by atoms with Crippen LogP contribution >= 0.6 is 0 Å². The molecule has 0 saturated carbocycles. The van der Waals surface area contributed by atoms with Gasteiger partial charge in [-0.3, -0.25) is 4.79 Å². The number of hydrogen-bond donors (Lipinski definition) is 2. The average Bonchev–Trinajstić information content (AvgIpc) is 2.38. The molecular weight excluding hydrogens is 285 g/mol. The Morgan fingerprint density at radius 1 is 1.33 bits per heavy atom. The maximum absolute atomic E-state index is 12.8. The van der Waals surface area contributed by atoms with Crippen LogP contribution in [0.2, 0.25) is 0 Å². The summed E-state index contributed by atoms with van der Waals surface area (Å²) in [5.41, 5.74) is 3.42. The molecule has 7 heteroatoms. The van der Waals surface area contributed by atoms with Crippen LogP contribution in [0.25, 0.3) is 0 Å². The second-order valence-corrected chi connectivity index (χ2v) is 5.43. The second kappa shape index (κ2) is 5.55. The van der Waals surface area contributed by atoms with Crippen molar-refractivity contribution >= 4 is 11.6 Å². The van der Waals surface area contributed by atoms with E-state index in [0.717, 1.165) is 12.1 Å². The molecule has 0 radical (unpaired) electrons. The van der Waals surface area contributed by atoms with Crippen molar-refractivity contribution in [2.75, 3.05) is 18.9 Å². The molecule has 0 unspecified atom stereocenters. The molecule has 21 heavy (non-hydrogen) atoms.